The van der Waals surface area contributed by atoms with Gasteiger partial charge in [-0.05, 0) is 44.5 Å². The van der Waals surface area contributed by atoms with E-state index in [4.69, 9.17) is 13.9 Å². The van der Waals surface area contributed by atoms with Gasteiger partial charge in [-0.1, -0.05) is 6.07 Å². The second-order valence-electron chi connectivity index (χ2n) is 5.78. The third-order valence-corrected chi connectivity index (χ3v) is 3.90. The lowest BCUT2D eigenvalue weighted by Crippen LogP contribution is -2.26. The van der Waals surface area contributed by atoms with E-state index in [0.29, 0.717) is 24.5 Å². The van der Waals surface area contributed by atoms with Crippen LogP contribution in [-0.2, 0) is 0 Å². The van der Waals surface area contributed by atoms with Crippen molar-refractivity contribution in [1.29, 1.82) is 0 Å². The summed E-state index contributed by atoms with van der Waals surface area (Å²) in [7, 11) is 0. The Labute approximate surface area is 135 Å². The summed E-state index contributed by atoms with van der Waals surface area (Å²) in [6, 6.07) is 7.39. The van der Waals surface area contributed by atoms with Crippen LogP contribution < -0.4 is 14.8 Å². The number of hydrogen-bond donors (Lipinski definition) is 1. The standard InChI is InChI=1S/C18H21NO4/c1-11-9-15(13(3)23-11)18(20)19-12(2)14-5-6-16-17(10-14)22-8-4-7-21-16/h5-6,9-10,12H,4,7-8H2,1-3H3,(H,19,20)/t12-/m0/s1. The highest BCUT2D eigenvalue weighted by molar-refractivity contribution is 5.95. The molecule has 0 saturated carbocycles. The predicted molar refractivity (Wildman–Crippen MR) is 86.1 cm³/mol. The Morgan fingerprint density at radius 3 is 2.57 bits per heavy atom. The summed E-state index contributed by atoms with van der Waals surface area (Å²) in [5, 5.41) is 2.99. The number of ether oxygens (including phenoxy) is 2. The average molecular weight is 315 g/mol. The highest BCUT2D eigenvalue weighted by Crippen LogP contribution is 2.32. The Morgan fingerprint density at radius 1 is 1.13 bits per heavy atom. The molecule has 1 atom stereocenters. The minimum atomic E-state index is -0.144. The third kappa shape index (κ3) is 3.33. The van der Waals surface area contributed by atoms with Crippen LogP contribution in [0.25, 0.3) is 0 Å². The molecule has 0 aliphatic carbocycles. The van der Waals surface area contributed by atoms with Crippen molar-refractivity contribution >= 4 is 5.91 Å². The minimum absolute atomic E-state index is 0.140. The summed E-state index contributed by atoms with van der Waals surface area (Å²) in [5.74, 6) is 2.71. The molecule has 0 radical (unpaired) electrons. The fourth-order valence-electron chi connectivity index (χ4n) is 2.66. The van der Waals surface area contributed by atoms with E-state index in [2.05, 4.69) is 5.32 Å². The second-order valence-corrected chi connectivity index (χ2v) is 5.78. The molecule has 3 rings (SSSR count). The highest BCUT2D eigenvalue weighted by Gasteiger charge is 2.18. The van der Waals surface area contributed by atoms with Crippen molar-refractivity contribution in [3.8, 4) is 11.5 Å². The van der Waals surface area contributed by atoms with E-state index in [1.807, 2.05) is 32.0 Å². The SMILES string of the molecule is Cc1cc(C(=O)N[C@@H](C)c2ccc3c(c2)OCCCO3)c(C)o1. The molecule has 1 aromatic heterocycles. The Hall–Kier alpha value is -2.43. The Morgan fingerprint density at radius 2 is 1.87 bits per heavy atom. The lowest BCUT2D eigenvalue weighted by Gasteiger charge is -2.16. The molecule has 2 aromatic rings. The van der Waals surface area contributed by atoms with Crippen LogP contribution in [0.3, 0.4) is 0 Å². The molecular weight excluding hydrogens is 294 g/mol. The van der Waals surface area contributed by atoms with Crippen LogP contribution in [0, 0.1) is 13.8 Å². The van der Waals surface area contributed by atoms with E-state index < -0.39 is 0 Å². The number of carbonyl (C=O) groups is 1. The molecule has 1 aliphatic heterocycles. The van der Waals surface area contributed by atoms with Gasteiger partial charge in [0.05, 0.1) is 24.8 Å². The van der Waals surface area contributed by atoms with Gasteiger partial charge in [-0.3, -0.25) is 4.79 Å². The molecular formula is C18H21NO4. The van der Waals surface area contributed by atoms with Crippen molar-refractivity contribution in [3.63, 3.8) is 0 Å². The summed E-state index contributed by atoms with van der Waals surface area (Å²) in [4.78, 5) is 12.4. The van der Waals surface area contributed by atoms with Crippen LogP contribution in [0.2, 0.25) is 0 Å². The van der Waals surface area contributed by atoms with Crippen molar-refractivity contribution in [3.05, 3.63) is 46.9 Å². The van der Waals surface area contributed by atoms with Crippen molar-refractivity contribution in [2.45, 2.75) is 33.2 Å². The van der Waals surface area contributed by atoms with Gasteiger partial charge in [-0.15, -0.1) is 0 Å². The molecule has 0 saturated heterocycles. The summed E-state index contributed by atoms with van der Waals surface area (Å²) in [6.45, 7) is 6.87. The maximum Gasteiger partial charge on any atom is 0.255 e. The first-order valence-corrected chi connectivity index (χ1v) is 7.82. The molecule has 1 amide bonds. The summed E-state index contributed by atoms with van der Waals surface area (Å²) in [6.07, 6.45) is 0.870. The van der Waals surface area contributed by atoms with Gasteiger partial charge in [0.1, 0.15) is 11.5 Å². The molecule has 0 fully saturated rings. The highest BCUT2D eigenvalue weighted by atomic mass is 16.5. The molecule has 122 valence electrons. The topological polar surface area (TPSA) is 60.7 Å². The molecule has 5 nitrogen and oxygen atoms in total. The molecule has 23 heavy (non-hydrogen) atoms. The quantitative estimate of drug-likeness (QED) is 0.941. The third-order valence-electron chi connectivity index (χ3n) is 3.90. The van der Waals surface area contributed by atoms with Crippen molar-refractivity contribution in [2.24, 2.45) is 0 Å². The minimum Gasteiger partial charge on any atom is -0.490 e. The second kappa shape index (κ2) is 6.36. The molecule has 1 aliphatic rings. The van der Waals surface area contributed by atoms with Crippen molar-refractivity contribution in [1.82, 2.24) is 5.32 Å². The van der Waals surface area contributed by atoms with Gasteiger partial charge in [-0.25, -0.2) is 0 Å². The predicted octanol–water partition coefficient (Wildman–Crippen LogP) is 3.55. The molecule has 2 heterocycles. The smallest absolute Gasteiger partial charge is 0.255 e. The summed E-state index contributed by atoms with van der Waals surface area (Å²) in [5.41, 5.74) is 1.55. The van der Waals surface area contributed by atoms with Gasteiger partial charge in [0, 0.05) is 6.42 Å². The molecule has 0 unspecified atom stereocenters. The number of amides is 1. The van der Waals surface area contributed by atoms with Gasteiger partial charge in [-0.2, -0.15) is 0 Å². The Kier molecular flexibility index (Phi) is 4.28. The Bertz CT molecular complexity index is 720. The maximum atomic E-state index is 12.4. The van der Waals surface area contributed by atoms with Gasteiger partial charge in [0.15, 0.2) is 11.5 Å². The zero-order chi connectivity index (χ0) is 16.4. The largest absolute Gasteiger partial charge is 0.490 e. The zero-order valence-corrected chi connectivity index (χ0v) is 13.6. The fraction of sp³-hybridized carbons (Fsp3) is 0.389. The van der Waals surface area contributed by atoms with Crippen LogP contribution >= 0.6 is 0 Å². The molecule has 1 N–H and O–H groups in total. The van der Waals surface area contributed by atoms with Crippen molar-refractivity contribution in [2.75, 3.05) is 13.2 Å². The average Bonchev–Trinajstić information content (AvgIpc) is 2.73. The van der Waals surface area contributed by atoms with Gasteiger partial charge in [0.2, 0.25) is 0 Å². The first-order valence-electron chi connectivity index (χ1n) is 7.82. The maximum absolute atomic E-state index is 12.4. The van der Waals surface area contributed by atoms with Crippen molar-refractivity contribution < 1.29 is 18.7 Å². The van der Waals surface area contributed by atoms with Gasteiger partial charge in [0.25, 0.3) is 5.91 Å². The van der Waals surface area contributed by atoms with E-state index in [9.17, 15) is 4.79 Å². The summed E-state index contributed by atoms with van der Waals surface area (Å²) >= 11 is 0. The number of rotatable bonds is 3. The molecule has 1 aromatic carbocycles. The van der Waals surface area contributed by atoms with E-state index in [0.717, 1.165) is 29.2 Å². The van der Waals surface area contributed by atoms with E-state index in [1.165, 1.54) is 0 Å². The first kappa shape index (κ1) is 15.5. The lowest BCUT2D eigenvalue weighted by molar-refractivity contribution is 0.0938. The van der Waals surface area contributed by atoms with Crippen LogP contribution in [0.4, 0.5) is 0 Å². The number of nitrogens with one attached hydrogen (secondary N) is 1. The molecule has 0 spiro atoms. The Balaban J connectivity index is 1.75. The molecule has 0 bridgehead atoms. The first-order chi connectivity index (χ1) is 11.0. The van der Waals surface area contributed by atoms with Crippen LogP contribution in [0.15, 0.2) is 28.7 Å². The number of fused-ring (bicyclic) bond motifs is 1. The normalized spacial score (nSPS) is 14.9. The van der Waals surface area contributed by atoms with Gasteiger partial charge >= 0.3 is 0 Å². The van der Waals surface area contributed by atoms with E-state index in [1.54, 1.807) is 13.0 Å². The number of furan rings is 1. The lowest BCUT2D eigenvalue weighted by atomic mass is 10.1. The van der Waals surface area contributed by atoms with Gasteiger partial charge < -0.3 is 19.2 Å². The fourth-order valence-corrected chi connectivity index (χ4v) is 2.66. The number of hydrogen-bond acceptors (Lipinski definition) is 4. The van der Waals surface area contributed by atoms with Crippen LogP contribution in [-0.4, -0.2) is 19.1 Å². The van der Waals surface area contributed by atoms with E-state index >= 15 is 0 Å². The number of aryl methyl sites for hydroxylation is 2. The van der Waals surface area contributed by atoms with Crippen LogP contribution in [0.5, 0.6) is 11.5 Å². The van der Waals surface area contributed by atoms with E-state index in [-0.39, 0.29) is 11.9 Å². The summed E-state index contributed by atoms with van der Waals surface area (Å²) < 4.78 is 16.7. The monoisotopic (exact) mass is 315 g/mol. The zero-order valence-electron chi connectivity index (χ0n) is 13.6. The number of benzene rings is 1. The van der Waals surface area contributed by atoms with Crippen LogP contribution in [0.1, 0.15) is 46.8 Å². The molecule has 5 heteroatoms. The number of carbonyl (C=O) groups excluding carboxylic acids is 1.